The highest BCUT2D eigenvalue weighted by atomic mass is 32.2. The number of nitrogens with one attached hydrogen (secondary N) is 2. The molecule has 0 unspecified atom stereocenters. The summed E-state index contributed by atoms with van der Waals surface area (Å²) in [5.74, 6) is 0.578. The summed E-state index contributed by atoms with van der Waals surface area (Å²) < 4.78 is 44.6. The number of fused-ring (bicyclic) bond motifs is 1. The molecule has 38 heavy (non-hydrogen) atoms. The second-order valence-electron chi connectivity index (χ2n) is 8.89. The second-order valence-corrected chi connectivity index (χ2v) is 9.96. The molecule has 5 rings (SSSR count). The van der Waals surface area contributed by atoms with Crippen LogP contribution in [0.5, 0.6) is 11.5 Å². The van der Waals surface area contributed by atoms with Crippen molar-refractivity contribution in [1.29, 1.82) is 0 Å². The Morgan fingerprint density at radius 2 is 1.87 bits per heavy atom. The fraction of sp³-hybridized carbons (Fsp3) is 0.333. The van der Waals surface area contributed by atoms with E-state index in [1.807, 2.05) is 35.7 Å². The Kier molecular flexibility index (Phi) is 8.26. The molecule has 1 aliphatic heterocycles. The lowest BCUT2D eigenvalue weighted by molar-refractivity contribution is 0.0398. The van der Waals surface area contributed by atoms with Gasteiger partial charge in [0.1, 0.15) is 17.4 Å². The molecule has 0 aliphatic carbocycles. The SMILES string of the molecule is CCSNc1ccc(Oc2ccc(F)cc2F)c(-c2cc(NCCN3CCOCC3)c3nnc(C)n3c2)c1. The molecule has 0 spiro atoms. The third-order valence-corrected chi connectivity index (χ3v) is 6.93. The molecule has 2 N–H and O–H groups in total. The minimum absolute atomic E-state index is 0.0540. The van der Waals surface area contributed by atoms with Gasteiger partial charge < -0.3 is 19.5 Å². The number of benzene rings is 2. The lowest BCUT2D eigenvalue weighted by Crippen LogP contribution is -2.39. The minimum Gasteiger partial charge on any atom is -0.454 e. The molecule has 1 fully saturated rings. The van der Waals surface area contributed by atoms with Crippen LogP contribution in [0.1, 0.15) is 12.7 Å². The highest BCUT2D eigenvalue weighted by Crippen LogP contribution is 2.38. The first kappa shape index (κ1) is 26.2. The molecule has 8 nitrogen and oxygen atoms in total. The van der Waals surface area contributed by atoms with E-state index in [-0.39, 0.29) is 5.75 Å². The van der Waals surface area contributed by atoms with E-state index in [4.69, 9.17) is 9.47 Å². The van der Waals surface area contributed by atoms with Crippen molar-refractivity contribution in [2.75, 3.05) is 55.2 Å². The Balaban J connectivity index is 1.51. The first-order chi connectivity index (χ1) is 18.5. The molecule has 0 radical (unpaired) electrons. The van der Waals surface area contributed by atoms with Crippen LogP contribution in [0.3, 0.4) is 0 Å². The summed E-state index contributed by atoms with van der Waals surface area (Å²) in [7, 11) is 0. The van der Waals surface area contributed by atoms with Gasteiger partial charge in [-0.15, -0.1) is 10.2 Å². The predicted octanol–water partition coefficient (Wildman–Crippen LogP) is 5.60. The van der Waals surface area contributed by atoms with Crippen LogP contribution < -0.4 is 14.8 Å². The normalized spacial score (nSPS) is 14.1. The van der Waals surface area contributed by atoms with E-state index < -0.39 is 11.6 Å². The van der Waals surface area contributed by atoms with Crippen molar-refractivity contribution < 1.29 is 18.3 Å². The van der Waals surface area contributed by atoms with Crippen molar-refractivity contribution in [3.63, 3.8) is 0 Å². The number of halogens is 2. The third-order valence-electron chi connectivity index (χ3n) is 6.26. The summed E-state index contributed by atoms with van der Waals surface area (Å²) in [6.45, 7) is 8.88. The molecule has 0 atom stereocenters. The maximum Gasteiger partial charge on any atom is 0.184 e. The molecule has 0 bridgehead atoms. The van der Waals surface area contributed by atoms with Crippen LogP contribution in [0.25, 0.3) is 16.8 Å². The third kappa shape index (κ3) is 6.01. The second kappa shape index (κ2) is 12.0. The van der Waals surface area contributed by atoms with E-state index in [0.717, 1.165) is 85.2 Å². The number of nitrogens with zero attached hydrogens (tertiary/aromatic N) is 4. The van der Waals surface area contributed by atoms with E-state index in [9.17, 15) is 8.78 Å². The highest BCUT2D eigenvalue weighted by molar-refractivity contribution is 8.00. The van der Waals surface area contributed by atoms with E-state index in [1.165, 1.54) is 12.1 Å². The summed E-state index contributed by atoms with van der Waals surface area (Å²) in [4.78, 5) is 2.36. The van der Waals surface area contributed by atoms with E-state index in [2.05, 4.69) is 32.1 Å². The van der Waals surface area contributed by atoms with Crippen LogP contribution >= 0.6 is 11.9 Å². The largest absolute Gasteiger partial charge is 0.454 e. The lowest BCUT2D eigenvalue weighted by atomic mass is 10.0. The maximum atomic E-state index is 14.5. The summed E-state index contributed by atoms with van der Waals surface area (Å²) in [6, 6.07) is 10.9. The molecule has 2 aromatic heterocycles. The molecule has 2 aromatic carbocycles. The maximum absolute atomic E-state index is 14.5. The Bertz CT molecular complexity index is 1410. The van der Waals surface area contributed by atoms with E-state index in [0.29, 0.717) is 5.75 Å². The molecule has 4 aromatic rings. The summed E-state index contributed by atoms with van der Waals surface area (Å²) in [5.41, 5.74) is 3.99. The first-order valence-corrected chi connectivity index (χ1v) is 13.5. The quantitative estimate of drug-likeness (QED) is 0.252. The monoisotopic (exact) mass is 540 g/mol. The topological polar surface area (TPSA) is 76.0 Å². The van der Waals surface area contributed by atoms with Crippen molar-refractivity contribution in [3.8, 4) is 22.6 Å². The number of aromatic nitrogens is 3. The summed E-state index contributed by atoms with van der Waals surface area (Å²) in [6.07, 6.45) is 1.94. The molecular formula is C27H30F2N6O2S. The zero-order chi connectivity index (χ0) is 26.5. The van der Waals surface area contributed by atoms with Gasteiger partial charge in [-0.3, -0.25) is 9.30 Å². The summed E-state index contributed by atoms with van der Waals surface area (Å²) >= 11 is 1.57. The highest BCUT2D eigenvalue weighted by Gasteiger charge is 2.17. The molecule has 200 valence electrons. The first-order valence-electron chi connectivity index (χ1n) is 12.6. The zero-order valence-corrected chi connectivity index (χ0v) is 22.2. The molecule has 0 saturated carbocycles. The van der Waals surface area contributed by atoms with Crippen molar-refractivity contribution in [2.24, 2.45) is 0 Å². The molecule has 3 heterocycles. The standard InChI is InChI=1S/C27H30F2N6O2S/c1-3-38-33-21-5-7-25(37-26-6-4-20(28)15-23(26)29)22(16-21)19-14-24(27-32-31-18(2)35(27)17-19)30-8-9-34-10-12-36-13-11-34/h4-7,14-17,30,33H,3,8-13H2,1-2H3. The van der Waals surface area contributed by atoms with Gasteiger partial charge in [-0.2, -0.15) is 0 Å². The van der Waals surface area contributed by atoms with Crippen LogP contribution in [-0.4, -0.2) is 64.6 Å². The van der Waals surface area contributed by atoms with Gasteiger partial charge in [0.25, 0.3) is 0 Å². The number of pyridine rings is 1. The van der Waals surface area contributed by atoms with Gasteiger partial charge in [-0.25, -0.2) is 8.78 Å². The predicted molar refractivity (Wildman–Crippen MR) is 147 cm³/mol. The molecule has 11 heteroatoms. The number of anilines is 2. The summed E-state index contributed by atoms with van der Waals surface area (Å²) in [5, 5.41) is 12.2. The van der Waals surface area contributed by atoms with Gasteiger partial charge in [0.15, 0.2) is 17.2 Å². The Hall–Kier alpha value is -3.41. The van der Waals surface area contributed by atoms with Crippen molar-refractivity contribution in [2.45, 2.75) is 13.8 Å². The van der Waals surface area contributed by atoms with Crippen LogP contribution in [0.4, 0.5) is 20.2 Å². The van der Waals surface area contributed by atoms with Gasteiger partial charge in [-0.05, 0) is 43.3 Å². The van der Waals surface area contributed by atoms with Crippen molar-refractivity contribution >= 4 is 29.0 Å². The molecule has 0 amide bonds. The number of hydrogen-bond donors (Lipinski definition) is 2. The van der Waals surface area contributed by atoms with Gasteiger partial charge in [0, 0.05) is 61.0 Å². The Morgan fingerprint density at radius 1 is 1.05 bits per heavy atom. The van der Waals surface area contributed by atoms with Crippen molar-refractivity contribution in [1.82, 2.24) is 19.5 Å². The number of rotatable bonds is 10. The van der Waals surface area contributed by atoms with E-state index >= 15 is 0 Å². The zero-order valence-electron chi connectivity index (χ0n) is 21.3. The van der Waals surface area contributed by atoms with Gasteiger partial charge in [0.05, 0.1) is 18.9 Å². The Labute approximate surface area is 224 Å². The number of hydrogen-bond acceptors (Lipinski definition) is 8. The number of ether oxygens (including phenoxy) is 2. The minimum atomic E-state index is -0.768. The number of aryl methyl sites for hydroxylation is 1. The van der Waals surface area contributed by atoms with E-state index in [1.54, 1.807) is 18.0 Å². The average molecular weight is 541 g/mol. The molecule has 1 aliphatic rings. The number of morpholine rings is 1. The van der Waals surface area contributed by atoms with Crippen molar-refractivity contribution in [3.05, 3.63) is 66.1 Å². The molecular weight excluding hydrogens is 510 g/mol. The van der Waals surface area contributed by atoms with Gasteiger partial charge in [0.2, 0.25) is 0 Å². The van der Waals surface area contributed by atoms with Crippen LogP contribution in [-0.2, 0) is 4.74 Å². The van der Waals surface area contributed by atoms with Crippen LogP contribution in [0.15, 0.2) is 48.7 Å². The van der Waals surface area contributed by atoms with Crippen LogP contribution in [0.2, 0.25) is 0 Å². The van der Waals surface area contributed by atoms with Gasteiger partial charge >= 0.3 is 0 Å². The van der Waals surface area contributed by atoms with Crippen LogP contribution in [0, 0.1) is 18.6 Å². The average Bonchev–Trinajstić information content (AvgIpc) is 3.30. The molecule has 1 saturated heterocycles. The smallest absolute Gasteiger partial charge is 0.184 e. The lowest BCUT2D eigenvalue weighted by Gasteiger charge is -2.26. The fourth-order valence-corrected chi connectivity index (χ4v) is 4.73. The van der Waals surface area contributed by atoms with Gasteiger partial charge in [-0.1, -0.05) is 18.9 Å². The fourth-order valence-electron chi connectivity index (χ4n) is 4.29. The Morgan fingerprint density at radius 3 is 2.66 bits per heavy atom.